The molecule has 4 aromatic rings. The van der Waals surface area contributed by atoms with E-state index in [-0.39, 0.29) is 16.8 Å². The number of hydrogen-bond donors (Lipinski definition) is 2. The number of amides is 1. The van der Waals surface area contributed by atoms with Crippen LogP contribution in [0.1, 0.15) is 46.2 Å². The van der Waals surface area contributed by atoms with Gasteiger partial charge in [-0.15, -0.1) is 0 Å². The maximum Gasteiger partial charge on any atom is 0.262 e. The van der Waals surface area contributed by atoms with Crippen LogP contribution in [0.15, 0.2) is 71.6 Å². The third-order valence-electron chi connectivity index (χ3n) is 6.23. The number of rotatable bonds is 5. The van der Waals surface area contributed by atoms with E-state index in [1.54, 1.807) is 43.3 Å². The number of aryl methyl sites for hydroxylation is 2. The second kappa shape index (κ2) is 8.61. The molecule has 34 heavy (non-hydrogen) atoms. The Balaban J connectivity index is 1.40. The van der Waals surface area contributed by atoms with Crippen LogP contribution in [0.4, 0.5) is 5.69 Å². The van der Waals surface area contributed by atoms with Crippen LogP contribution >= 0.6 is 0 Å². The number of benzene rings is 3. The van der Waals surface area contributed by atoms with E-state index in [1.807, 2.05) is 42.2 Å². The average Bonchev–Trinajstić information content (AvgIpc) is 3.47. The van der Waals surface area contributed by atoms with Gasteiger partial charge in [0.25, 0.3) is 15.9 Å². The van der Waals surface area contributed by atoms with Crippen molar-refractivity contribution in [2.45, 2.75) is 37.6 Å². The molecule has 0 bridgehead atoms. The Labute approximate surface area is 198 Å². The number of sulfonamides is 1. The summed E-state index contributed by atoms with van der Waals surface area (Å²) in [6.45, 7) is 4.24. The molecule has 1 aliphatic heterocycles. The maximum atomic E-state index is 13.4. The summed E-state index contributed by atoms with van der Waals surface area (Å²) >= 11 is 0. The first-order chi connectivity index (χ1) is 16.3. The van der Waals surface area contributed by atoms with Crippen LogP contribution in [0.25, 0.3) is 11.0 Å². The highest BCUT2D eigenvalue weighted by Crippen LogP contribution is 2.33. The molecule has 1 amide bonds. The number of anilines is 1. The molecular formula is C26H26N4O3S. The number of H-pyrrole nitrogens is 1. The minimum absolute atomic E-state index is 0.143. The van der Waals surface area contributed by atoms with E-state index in [0.717, 1.165) is 35.3 Å². The lowest BCUT2D eigenvalue weighted by Gasteiger charge is -2.23. The van der Waals surface area contributed by atoms with Crippen molar-refractivity contribution < 1.29 is 13.2 Å². The summed E-state index contributed by atoms with van der Waals surface area (Å²) in [4.78, 5) is 23.5. The highest BCUT2D eigenvalue weighted by molar-refractivity contribution is 7.92. The molecule has 2 heterocycles. The van der Waals surface area contributed by atoms with E-state index in [0.29, 0.717) is 23.4 Å². The summed E-state index contributed by atoms with van der Waals surface area (Å²) in [6, 6.07) is 19.6. The molecule has 2 N–H and O–H groups in total. The molecule has 5 rings (SSSR count). The van der Waals surface area contributed by atoms with E-state index in [1.165, 1.54) is 0 Å². The highest BCUT2D eigenvalue weighted by atomic mass is 32.2. The van der Waals surface area contributed by atoms with Gasteiger partial charge in [0.15, 0.2) is 0 Å². The van der Waals surface area contributed by atoms with E-state index in [4.69, 9.17) is 4.98 Å². The zero-order valence-corrected chi connectivity index (χ0v) is 19.9. The molecule has 1 saturated heterocycles. The van der Waals surface area contributed by atoms with Crippen LogP contribution < -0.4 is 4.72 Å². The molecule has 0 aliphatic carbocycles. The molecule has 0 saturated carbocycles. The van der Waals surface area contributed by atoms with Crippen molar-refractivity contribution in [2.24, 2.45) is 0 Å². The molecule has 0 spiro atoms. The van der Waals surface area contributed by atoms with Gasteiger partial charge in [-0.25, -0.2) is 13.4 Å². The van der Waals surface area contributed by atoms with E-state index in [9.17, 15) is 13.2 Å². The summed E-state index contributed by atoms with van der Waals surface area (Å²) in [5, 5.41) is 0. The minimum Gasteiger partial charge on any atom is -0.340 e. The Morgan fingerprint density at radius 3 is 2.71 bits per heavy atom. The van der Waals surface area contributed by atoms with Gasteiger partial charge in [-0.1, -0.05) is 30.3 Å². The smallest absolute Gasteiger partial charge is 0.262 e. The number of likely N-dealkylation sites (tertiary alicyclic amines) is 1. The summed E-state index contributed by atoms with van der Waals surface area (Å²) in [5.74, 6) is 0.634. The molecule has 1 unspecified atom stereocenters. The van der Waals surface area contributed by atoms with Gasteiger partial charge in [-0.3, -0.25) is 9.52 Å². The second-order valence-corrected chi connectivity index (χ2v) is 10.4. The Morgan fingerprint density at radius 2 is 1.88 bits per heavy atom. The van der Waals surface area contributed by atoms with Gasteiger partial charge in [-0.2, -0.15) is 0 Å². The number of fused-ring (bicyclic) bond motifs is 1. The van der Waals surface area contributed by atoms with Crippen molar-refractivity contribution in [3.05, 3.63) is 89.2 Å². The zero-order chi connectivity index (χ0) is 23.9. The molecule has 174 valence electrons. The van der Waals surface area contributed by atoms with Crippen LogP contribution in [0.2, 0.25) is 0 Å². The van der Waals surface area contributed by atoms with Crippen LogP contribution in [0, 0.1) is 13.8 Å². The molecule has 1 atom stereocenters. The van der Waals surface area contributed by atoms with Crippen molar-refractivity contribution in [1.29, 1.82) is 0 Å². The number of aromatic nitrogens is 2. The average molecular weight is 475 g/mol. The van der Waals surface area contributed by atoms with Gasteiger partial charge in [0, 0.05) is 17.8 Å². The number of nitrogens with one attached hydrogen (secondary N) is 2. The van der Waals surface area contributed by atoms with Crippen molar-refractivity contribution >= 4 is 32.7 Å². The van der Waals surface area contributed by atoms with Crippen molar-refractivity contribution in [3.63, 3.8) is 0 Å². The molecule has 1 aromatic heterocycles. The SMILES string of the molecule is Cc1ccc(C)c(S(=O)(=O)Nc2cccc(C(=O)N3CCCC3c3nc4ccccc4[nH]3)c2)c1. The predicted octanol–water partition coefficient (Wildman–Crippen LogP) is 4.96. The predicted molar refractivity (Wildman–Crippen MR) is 132 cm³/mol. The van der Waals surface area contributed by atoms with E-state index >= 15 is 0 Å². The molecule has 8 heteroatoms. The van der Waals surface area contributed by atoms with E-state index < -0.39 is 10.0 Å². The number of hydrogen-bond acceptors (Lipinski definition) is 4. The summed E-state index contributed by atoms with van der Waals surface area (Å²) in [6.07, 6.45) is 1.71. The summed E-state index contributed by atoms with van der Waals surface area (Å²) in [7, 11) is -3.79. The quantitative estimate of drug-likeness (QED) is 0.427. The fourth-order valence-electron chi connectivity index (χ4n) is 4.51. The number of aromatic amines is 1. The summed E-state index contributed by atoms with van der Waals surface area (Å²) < 4.78 is 28.7. The molecule has 7 nitrogen and oxygen atoms in total. The Hall–Kier alpha value is -3.65. The Bertz CT molecular complexity index is 1460. The zero-order valence-electron chi connectivity index (χ0n) is 19.1. The van der Waals surface area contributed by atoms with Gasteiger partial charge in [0.1, 0.15) is 5.82 Å². The largest absolute Gasteiger partial charge is 0.340 e. The van der Waals surface area contributed by atoms with Gasteiger partial charge < -0.3 is 9.88 Å². The number of nitrogens with zero attached hydrogens (tertiary/aromatic N) is 2. The molecule has 0 radical (unpaired) electrons. The normalized spacial score (nSPS) is 16.2. The molecular weight excluding hydrogens is 448 g/mol. The van der Waals surface area contributed by atoms with Crippen molar-refractivity contribution in [3.8, 4) is 0 Å². The van der Waals surface area contributed by atoms with Gasteiger partial charge in [0.2, 0.25) is 0 Å². The standard InChI is InChI=1S/C26H26N4O3S/c1-17-12-13-18(2)24(15-17)34(32,33)29-20-8-5-7-19(16-20)26(31)30-14-6-11-23(30)25-27-21-9-3-4-10-22(21)28-25/h3-5,7-10,12-13,15-16,23,29H,6,11,14H2,1-2H3,(H,27,28). The fraction of sp³-hybridized carbons (Fsp3) is 0.231. The van der Waals surface area contributed by atoms with Crippen molar-refractivity contribution in [2.75, 3.05) is 11.3 Å². The molecule has 1 aliphatic rings. The topological polar surface area (TPSA) is 95.2 Å². The second-order valence-electron chi connectivity index (χ2n) is 8.75. The lowest BCUT2D eigenvalue weighted by Crippen LogP contribution is -2.31. The lowest BCUT2D eigenvalue weighted by molar-refractivity contribution is 0.0730. The van der Waals surface area contributed by atoms with E-state index in [2.05, 4.69) is 9.71 Å². The molecule has 1 fully saturated rings. The first-order valence-electron chi connectivity index (χ1n) is 11.3. The number of imidazole rings is 1. The Morgan fingerprint density at radius 1 is 1.06 bits per heavy atom. The molecule has 3 aromatic carbocycles. The fourth-order valence-corrected chi connectivity index (χ4v) is 5.89. The summed E-state index contributed by atoms with van der Waals surface area (Å²) in [5.41, 5.74) is 4.13. The highest BCUT2D eigenvalue weighted by Gasteiger charge is 2.33. The monoisotopic (exact) mass is 474 g/mol. The van der Waals surface area contributed by atoms with Crippen LogP contribution in [0.5, 0.6) is 0 Å². The maximum absolute atomic E-state index is 13.4. The third kappa shape index (κ3) is 4.17. The van der Waals surface area contributed by atoms with Crippen LogP contribution in [-0.4, -0.2) is 35.7 Å². The Kier molecular flexibility index (Phi) is 5.61. The minimum atomic E-state index is -3.79. The first kappa shape index (κ1) is 22.2. The van der Waals surface area contributed by atoms with Crippen LogP contribution in [-0.2, 0) is 10.0 Å². The number of carbonyl (C=O) groups is 1. The van der Waals surface area contributed by atoms with Gasteiger partial charge in [0.05, 0.1) is 22.0 Å². The third-order valence-corrected chi connectivity index (χ3v) is 7.76. The number of para-hydroxylation sites is 2. The van der Waals surface area contributed by atoms with Crippen molar-refractivity contribution in [1.82, 2.24) is 14.9 Å². The van der Waals surface area contributed by atoms with Crippen LogP contribution in [0.3, 0.4) is 0 Å². The van der Waals surface area contributed by atoms with Gasteiger partial charge >= 0.3 is 0 Å². The lowest BCUT2D eigenvalue weighted by atomic mass is 10.1. The first-order valence-corrected chi connectivity index (χ1v) is 12.8. The van der Waals surface area contributed by atoms with Gasteiger partial charge in [-0.05, 0) is 74.2 Å². The number of carbonyl (C=O) groups excluding carboxylic acids is 1.